The van der Waals surface area contributed by atoms with Crippen LogP contribution in [0.25, 0.3) is 22.0 Å². The molecule has 7 nitrogen and oxygen atoms in total. The van der Waals surface area contributed by atoms with Crippen molar-refractivity contribution in [3.8, 4) is 11.1 Å². The number of amides is 1. The van der Waals surface area contributed by atoms with Crippen LogP contribution in [0, 0.1) is 0 Å². The number of piperidine rings is 1. The van der Waals surface area contributed by atoms with Gasteiger partial charge in [0.25, 0.3) is 5.91 Å². The summed E-state index contributed by atoms with van der Waals surface area (Å²) in [5.41, 5.74) is 10.2. The van der Waals surface area contributed by atoms with Gasteiger partial charge in [0.2, 0.25) is 10.0 Å². The molecule has 0 bridgehead atoms. The minimum absolute atomic E-state index is 0.131. The molecular formula is C26H36N4O3S2. The Bertz CT molecular complexity index is 1300. The van der Waals surface area contributed by atoms with Gasteiger partial charge in [-0.25, -0.2) is 12.7 Å². The quantitative estimate of drug-likeness (QED) is 0.421. The Labute approximate surface area is 212 Å². The second-order valence-corrected chi connectivity index (χ2v) is 12.7. The van der Waals surface area contributed by atoms with E-state index in [1.165, 1.54) is 4.88 Å². The molecule has 1 atom stereocenters. The molecule has 190 valence electrons. The third-order valence-electron chi connectivity index (χ3n) is 7.34. The van der Waals surface area contributed by atoms with Crippen LogP contribution < -0.4 is 5.73 Å². The largest absolute Gasteiger partial charge is 0.366 e. The summed E-state index contributed by atoms with van der Waals surface area (Å²) < 4.78 is 26.2. The lowest BCUT2D eigenvalue weighted by atomic mass is 9.88. The number of benzene rings is 1. The van der Waals surface area contributed by atoms with Gasteiger partial charge in [-0.15, -0.1) is 11.3 Å². The number of carbonyl (C=O) groups is 1. The number of primary amides is 1. The lowest BCUT2D eigenvalue weighted by Crippen LogP contribution is -2.38. The molecule has 1 aromatic carbocycles. The lowest BCUT2D eigenvalue weighted by molar-refractivity contribution is 0.100. The fraction of sp³-hybridized carbons (Fsp3) is 0.500. The Morgan fingerprint density at radius 3 is 2.57 bits per heavy atom. The highest BCUT2D eigenvalue weighted by Gasteiger charge is 2.29. The summed E-state index contributed by atoms with van der Waals surface area (Å²) in [4.78, 5) is 19.3. The van der Waals surface area contributed by atoms with Gasteiger partial charge >= 0.3 is 0 Å². The maximum Gasteiger partial charge on any atom is 0.250 e. The molecule has 3 heterocycles. The van der Waals surface area contributed by atoms with Crippen LogP contribution in [0.2, 0.25) is 0 Å². The van der Waals surface area contributed by atoms with E-state index in [9.17, 15) is 13.2 Å². The van der Waals surface area contributed by atoms with E-state index in [4.69, 9.17) is 5.73 Å². The van der Waals surface area contributed by atoms with E-state index in [1.54, 1.807) is 22.6 Å². The summed E-state index contributed by atoms with van der Waals surface area (Å²) in [6, 6.07) is 6.57. The fourth-order valence-corrected chi connectivity index (χ4v) is 7.24. The second-order valence-electron chi connectivity index (χ2n) is 9.52. The average molecular weight is 517 g/mol. The summed E-state index contributed by atoms with van der Waals surface area (Å²) in [6.07, 6.45) is 4.59. The number of H-pyrrole nitrogens is 1. The lowest BCUT2D eigenvalue weighted by Gasteiger charge is -2.31. The number of carbonyl (C=O) groups excluding carboxylic acids is 1. The smallest absolute Gasteiger partial charge is 0.250 e. The van der Waals surface area contributed by atoms with Gasteiger partial charge in [0.1, 0.15) is 0 Å². The van der Waals surface area contributed by atoms with Crippen molar-refractivity contribution in [2.75, 3.05) is 32.4 Å². The molecule has 0 aliphatic carbocycles. The number of sulfonamides is 1. The summed E-state index contributed by atoms with van der Waals surface area (Å²) in [5.74, 6) is -0.102. The molecule has 2 aromatic heterocycles. The van der Waals surface area contributed by atoms with Gasteiger partial charge in [-0.05, 0) is 92.9 Å². The van der Waals surface area contributed by atoms with Gasteiger partial charge in [0.05, 0.1) is 16.8 Å². The molecule has 3 N–H and O–H groups in total. The molecule has 1 aliphatic heterocycles. The highest BCUT2D eigenvalue weighted by atomic mass is 32.2. The van der Waals surface area contributed by atoms with E-state index >= 15 is 0 Å². The number of aromatic amines is 1. The number of rotatable bonds is 9. The Hall–Kier alpha value is -2.20. The van der Waals surface area contributed by atoms with E-state index in [2.05, 4.69) is 48.3 Å². The van der Waals surface area contributed by atoms with Gasteiger partial charge in [-0.1, -0.05) is 6.92 Å². The van der Waals surface area contributed by atoms with Crippen molar-refractivity contribution in [2.45, 2.75) is 52.0 Å². The predicted molar refractivity (Wildman–Crippen MR) is 144 cm³/mol. The van der Waals surface area contributed by atoms with Crippen molar-refractivity contribution < 1.29 is 13.2 Å². The third kappa shape index (κ3) is 5.18. The standard InChI is InChI=1S/C26H36N4O3S2/c1-5-9-29(4)17(3)24-14-20(16-34-24)19-12-21-23(15-28-25(21)22(13-19)26(27)31)18-7-10-30(11-8-18)35(32,33)6-2/h12-18,28H,5-11H2,1-4H3,(H2,27,31). The normalized spacial score (nSPS) is 16.8. The second kappa shape index (κ2) is 10.4. The van der Waals surface area contributed by atoms with E-state index in [1.807, 2.05) is 12.3 Å². The Kier molecular flexibility index (Phi) is 7.71. The van der Waals surface area contributed by atoms with Crippen LogP contribution in [0.5, 0.6) is 0 Å². The van der Waals surface area contributed by atoms with E-state index in [-0.39, 0.29) is 11.7 Å². The summed E-state index contributed by atoms with van der Waals surface area (Å²) in [7, 11) is -1.02. The molecule has 0 spiro atoms. The van der Waals surface area contributed by atoms with Crippen LogP contribution in [-0.4, -0.2) is 60.9 Å². The first-order valence-electron chi connectivity index (χ1n) is 12.4. The number of fused-ring (bicyclic) bond motifs is 1. The molecule has 1 amide bonds. The zero-order valence-corrected chi connectivity index (χ0v) is 22.6. The van der Waals surface area contributed by atoms with Gasteiger partial charge in [-0.2, -0.15) is 0 Å². The summed E-state index contributed by atoms with van der Waals surface area (Å²) >= 11 is 1.74. The number of thiophene rings is 1. The van der Waals surface area contributed by atoms with Crippen molar-refractivity contribution in [2.24, 2.45) is 5.73 Å². The highest BCUT2D eigenvalue weighted by Crippen LogP contribution is 2.38. The maximum atomic E-state index is 12.4. The first kappa shape index (κ1) is 25.9. The van der Waals surface area contributed by atoms with Gasteiger partial charge in [0, 0.05) is 35.6 Å². The number of hydrogen-bond acceptors (Lipinski definition) is 5. The van der Waals surface area contributed by atoms with Crippen molar-refractivity contribution in [3.05, 3.63) is 45.8 Å². The first-order valence-corrected chi connectivity index (χ1v) is 14.9. The monoisotopic (exact) mass is 516 g/mol. The number of hydrogen-bond donors (Lipinski definition) is 2. The van der Waals surface area contributed by atoms with Crippen molar-refractivity contribution in [1.82, 2.24) is 14.2 Å². The highest BCUT2D eigenvalue weighted by molar-refractivity contribution is 7.89. The van der Waals surface area contributed by atoms with Crippen LogP contribution in [0.1, 0.15) is 72.8 Å². The molecule has 0 saturated carbocycles. The minimum atomic E-state index is -3.17. The zero-order valence-electron chi connectivity index (χ0n) is 21.0. The van der Waals surface area contributed by atoms with Crippen LogP contribution >= 0.6 is 11.3 Å². The molecule has 1 unspecified atom stereocenters. The first-order chi connectivity index (χ1) is 16.7. The third-order valence-corrected chi connectivity index (χ3v) is 10.3. The number of nitrogens with two attached hydrogens (primary N) is 1. The predicted octanol–water partition coefficient (Wildman–Crippen LogP) is 4.93. The van der Waals surface area contributed by atoms with Crippen LogP contribution in [-0.2, 0) is 10.0 Å². The molecule has 4 rings (SSSR count). The molecule has 1 saturated heterocycles. The Morgan fingerprint density at radius 2 is 1.94 bits per heavy atom. The van der Waals surface area contributed by atoms with E-state index in [0.717, 1.165) is 53.4 Å². The Morgan fingerprint density at radius 1 is 1.23 bits per heavy atom. The van der Waals surface area contributed by atoms with Gasteiger partial charge in [-0.3, -0.25) is 9.69 Å². The molecule has 0 radical (unpaired) electrons. The molecule has 1 fully saturated rings. The zero-order chi connectivity index (χ0) is 25.3. The van der Waals surface area contributed by atoms with Gasteiger partial charge in [0.15, 0.2) is 0 Å². The van der Waals surface area contributed by atoms with Gasteiger partial charge < -0.3 is 10.7 Å². The molecular weight excluding hydrogens is 480 g/mol. The topological polar surface area (TPSA) is 99.5 Å². The number of nitrogens with one attached hydrogen (secondary N) is 1. The van der Waals surface area contributed by atoms with Crippen LogP contribution in [0.15, 0.2) is 29.8 Å². The fourth-order valence-electron chi connectivity index (χ4n) is 5.07. The SMILES string of the molecule is CCCN(C)C(C)c1cc(-c2cc(C(N)=O)c3[nH]cc(C4CCN(S(=O)(=O)CC)CC4)c3c2)cs1. The molecule has 9 heteroatoms. The van der Waals surface area contributed by atoms with Crippen molar-refractivity contribution in [3.63, 3.8) is 0 Å². The average Bonchev–Trinajstić information content (AvgIpc) is 3.50. The molecule has 3 aromatic rings. The number of aromatic nitrogens is 1. The molecule has 1 aliphatic rings. The van der Waals surface area contributed by atoms with Crippen molar-refractivity contribution in [1.29, 1.82) is 0 Å². The minimum Gasteiger partial charge on any atom is -0.366 e. The van der Waals surface area contributed by atoms with Crippen molar-refractivity contribution >= 4 is 38.2 Å². The van der Waals surface area contributed by atoms with Crippen LogP contribution in [0.4, 0.5) is 0 Å². The van der Waals surface area contributed by atoms with Crippen LogP contribution in [0.3, 0.4) is 0 Å². The maximum absolute atomic E-state index is 12.4. The van der Waals surface area contributed by atoms with E-state index in [0.29, 0.717) is 24.7 Å². The summed E-state index contributed by atoms with van der Waals surface area (Å²) in [5, 5.41) is 3.15. The van der Waals surface area contributed by atoms with E-state index < -0.39 is 15.9 Å². The Balaban J connectivity index is 1.68. The summed E-state index contributed by atoms with van der Waals surface area (Å²) in [6.45, 7) is 8.17. The molecule has 35 heavy (non-hydrogen) atoms. The number of nitrogens with zero attached hydrogens (tertiary/aromatic N) is 2.